The van der Waals surface area contributed by atoms with Crippen molar-refractivity contribution >= 4 is 5.91 Å². The number of hydrogen-bond donors (Lipinski definition) is 2. The summed E-state index contributed by atoms with van der Waals surface area (Å²) in [6.07, 6.45) is 0. The standard InChI is InChI=1S/C21H28N2O2.C12H20N2/c1-15-11-10-14-17(25-6)18(15)20(24)22-19(21(2,3)23(4)5)16-12-8-7-9-13-16;1-12(2,14(3)4)11(13)10-8-6-5-7-9-10/h7-14,19H,1-6H3,(H,22,24);5-9,11H,13H2,1-4H3. The quantitative estimate of drug-likeness (QED) is 0.362. The van der Waals surface area contributed by atoms with Crippen molar-refractivity contribution in [1.82, 2.24) is 15.1 Å². The van der Waals surface area contributed by atoms with Gasteiger partial charge in [0.15, 0.2) is 0 Å². The van der Waals surface area contributed by atoms with Gasteiger partial charge in [0.25, 0.3) is 5.91 Å². The Balaban J connectivity index is 0.000000322. The zero-order chi connectivity index (χ0) is 29.4. The molecule has 0 bridgehead atoms. The Hall–Kier alpha value is -3.19. The first-order chi connectivity index (χ1) is 18.2. The van der Waals surface area contributed by atoms with Crippen LogP contribution in [0.5, 0.6) is 5.75 Å². The zero-order valence-corrected chi connectivity index (χ0v) is 25.4. The number of methoxy groups -OCH3 is 1. The Bertz CT molecular complexity index is 1170. The highest BCUT2D eigenvalue weighted by Crippen LogP contribution is 2.31. The van der Waals surface area contributed by atoms with Crippen molar-refractivity contribution < 1.29 is 9.53 Å². The van der Waals surface area contributed by atoms with E-state index in [1.165, 1.54) is 5.56 Å². The van der Waals surface area contributed by atoms with Gasteiger partial charge in [-0.15, -0.1) is 0 Å². The molecule has 0 aliphatic carbocycles. The molecule has 39 heavy (non-hydrogen) atoms. The molecule has 3 aromatic rings. The van der Waals surface area contributed by atoms with Crippen molar-refractivity contribution in [2.24, 2.45) is 5.73 Å². The van der Waals surface area contributed by atoms with Gasteiger partial charge in [0.1, 0.15) is 5.75 Å². The predicted molar refractivity (Wildman–Crippen MR) is 163 cm³/mol. The Morgan fingerprint density at radius 2 is 1.26 bits per heavy atom. The first-order valence-corrected chi connectivity index (χ1v) is 13.4. The van der Waals surface area contributed by atoms with Gasteiger partial charge in [-0.25, -0.2) is 0 Å². The molecule has 2 unspecified atom stereocenters. The van der Waals surface area contributed by atoms with Crippen molar-refractivity contribution in [3.63, 3.8) is 0 Å². The number of nitrogens with two attached hydrogens (primary N) is 1. The highest BCUT2D eigenvalue weighted by atomic mass is 16.5. The van der Waals surface area contributed by atoms with Crippen LogP contribution in [0, 0.1) is 6.92 Å². The molecular weight excluding hydrogens is 484 g/mol. The smallest absolute Gasteiger partial charge is 0.255 e. The van der Waals surface area contributed by atoms with Crippen molar-refractivity contribution in [3.05, 3.63) is 101 Å². The molecule has 0 aromatic heterocycles. The fraction of sp³-hybridized carbons (Fsp3) is 0.424. The minimum absolute atomic E-state index is 0.0264. The van der Waals surface area contributed by atoms with Gasteiger partial charge in [0.05, 0.1) is 18.7 Å². The number of likely N-dealkylation sites (N-methyl/N-ethyl adjacent to an activating group) is 2. The van der Waals surface area contributed by atoms with Crippen molar-refractivity contribution in [3.8, 4) is 5.75 Å². The monoisotopic (exact) mass is 532 g/mol. The van der Waals surface area contributed by atoms with Crippen molar-refractivity contribution in [2.75, 3.05) is 35.3 Å². The maximum Gasteiger partial charge on any atom is 0.255 e. The molecule has 3 rings (SSSR count). The fourth-order valence-electron chi connectivity index (χ4n) is 4.22. The number of benzene rings is 3. The summed E-state index contributed by atoms with van der Waals surface area (Å²) in [4.78, 5) is 17.4. The molecule has 0 aliphatic rings. The van der Waals surface area contributed by atoms with E-state index in [1.54, 1.807) is 7.11 Å². The van der Waals surface area contributed by atoms with E-state index in [9.17, 15) is 4.79 Å². The molecule has 212 valence electrons. The number of nitrogens with one attached hydrogen (secondary N) is 1. The second kappa shape index (κ2) is 13.7. The predicted octanol–water partition coefficient (Wildman–Crippen LogP) is 5.84. The maximum atomic E-state index is 13.1. The van der Waals surface area contributed by atoms with Gasteiger partial charge >= 0.3 is 0 Å². The number of hydrogen-bond acceptors (Lipinski definition) is 5. The van der Waals surface area contributed by atoms with E-state index in [0.29, 0.717) is 11.3 Å². The largest absolute Gasteiger partial charge is 0.496 e. The fourth-order valence-corrected chi connectivity index (χ4v) is 4.22. The number of nitrogens with zero attached hydrogens (tertiary/aromatic N) is 2. The summed E-state index contributed by atoms with van der Waals surface area (Å²) in [5, 5.41) is 3.23. The van der Waals surface area contributed by atoms with Crippen LogP contribution >= 0.6 is 0 Å². The summed E-state index contributed by atoms with van der Waals surface area (Å²) >= 11 is 0. The lowest BCUT2D eigenvalue weighted by Crippen LogP contribution is -2.50. The Labute approximate surface area is 236 Å². The molecule has 3 N–H and O–H groups in total. The van der Waals surface area contributed by atoms with Crippen LogP contribution in [0.4, 0.5) is 0 Å². The molecule has 0 heterocycles. The topological polar surface area (TPSA) is 70.8 Å². The third-order valence-corrected chi connectivity index (χ3v) is 8.02. The molecule has 0 saturated heterocycles. The van der Waals surface area contributed by atoms with E-state index in [0.717, 1.165) is 11.1 Å². The van der Waals surface area contributed by atoms with Gasteiger partial charge < -0.3 is 25.6 Å². The second-order valence-corrected chi connectivity index (χ2v) is 11.5. The number of carbonyl (C=O) groups excluding carboxylic acids is 1. The molecule has 6 heteroatoms. The highest BCUT2D eigenvalue weighted by molar-refractivity contribution is 5.98. The molecule has 0 spiro atoms. The molecule has 0 radical (unpaired) electrons. The van der Waals surface area contributed by atoms with E-state index in [4.69, 9.17) is 10.5 Å². The molecule has 2 atom stereocenters. The van der Waals surface area contributed by atoms with Gasteiger partial charge in [-0.05, 0) is 85.6 Å². The second-order valence-electron chi connectivity index (χ2n) is 11.5. The lowest BCUT2D eigenvalue weighted by Gasteiger charge is -2.41. The molecule has 1 amide bonds. The average molecular weight is 533 g/mol. The zero-order valence-electron chi connectivity index (χ0n) is 25.4. The van der Waals surface area contributed by atoms with E-state index < -0.39 is 0 Å². The molecule has 0 aliphatic heterocycles. The summed E-state index contributed by atoms with van der Waals surface area (Å²) in [5.74, 6) is 0.464. The normalized spacial score (nSPS) is 13.4. The van der Waals surface area contributed by atoms with Gasteiger partial charge in [0, 0.05) is 17.1 Å². The molecule has 3 aromatic carbocycles. The van der Waals surface area contributed by atoms with Crippen LogP contribution in [-0.2, 0) is 0 Å². The van der Waals surface area contributed by atoms with Crippen LogP contribution in [0.15, 0.2) is 78.9 Å². The number of rotatable bonds is 9. The summed E-state index contributed by atoms with van der Waals surface area (Å²) in [7, 11) is 9.75. The summed E-state index contributed by atoms with van der Waals surface area (Å²) in [6, 6.07) is 25.8. The van der Waals surface area contributed by atoms with E-state index in [-0.39, 0.29) is 29.1 Å². The van der Waals surface area contributed by atoms with Crippen LogP contribution in [0.1, 0.15) is 66.8 Å². The number of amides is 1. The highest BCUT2D eigenvalue weighted by Gasteiger charge is 2.35. The van der Waals surface area contributed by atoms with Crippen LogP contribution in [0.25, 0.3) is 0 Å². The van der Waals surface area contributed by atoms with E-state index in [1.807, 2.05) is 87.7 Å². The molecular formula is C33H48N4O2. The lowest BCUT2D eigenvalue weighted by atomic mass is 9.87. The summed E-state index contributed by atoms with van der Waals surface area (Å²) < 4.78 is 5.40. The van der Waals surface area contributed by atoms with Crippen LogP contribution in [0.3, 0.4) is 0 Å². The Morgan fingerprint density at radius 3 is 1.72 bits per heavy atom. The van der Waals surface area contributed by atoms with Crippen LogP contribution < -0.4 is 15.8 Å². The van der Waals surface area contributed by atoms with Gasteiger partial charge in [-0.2, -0.15) is 0 Å². The van der Waals surface area contributed by atoms with E-state index >= 15 is 0 Å². The van der Waals surface area contributed by atoms with Crippen LogP contribution in [-0.4, -0.2) is 62.1 Å². The SMILES string of the molecule is CN(C)C(C)(C)C(N)c1ccccc1.COc1cccc(C)c1C(=O)NC(c1ccccc1)C(C)(C)N(C)C. The van der Waals surface area contributed by atoms with Crippen LogP contribution in [0.2, 0.25) is 0 Å². The van der Waals surface area contributed by atoms with Crippen molar-refractivity contribution in [2.45, 2.75) is 57.8 Å². The maximum absolute atomic E-state index is 13.1. The minimum Gasteiger partial charge on any atom is -0.496 e. The Kier molecular flexibility index (Phi) is 11.3. The number of ether oxygens (including phenoxy) is 1. The Morgan fingerprint density at radius 1 is 0.769 bits per heavy atom. The summed E-state index contributed by atoms with van der Waals surface area (Å²) in [6.45, 7) is 10.5. The third-order valence-electron chi connectivity index (χ3n) is 8.02. The van der Waals surface area contributed by atoms with E-state index in [2.05, 4.69) is 69.0 Å². The first-order valence-electron chi connectivity index (χ1n) is 13.4. The van der Waals surface area contributed by atoms with Gasteiger partial charge in [-0.1, -0.05) is 72.8 Å². The minimum atomic E-state index is -0.271. The van der Waals surface area contributed by atoms with Gasteiger partial charge in [0.2, 0.25) is 0 Å². The summed E-state index contributed by atoms with van der Waals surface area (Å²) in [5.41, 5.74) is 9.67. The molecule has 6 nitrogen and oxygen atoms in total. The first kappa shape index (κ1) is 32.0. The molecule has 0 saturated carbocycles. The average Bonchev–Trinajstić information content (AvgIpc) is 2.91. The van der Waals surface area contributed by atoms with Gasteiger partial charge in [-0.3, -0.25) is 4.79 Å². The number of aryl methyl sites for hydroxylation is 1. The lowest BCUT2D eigenvalue weighted by molar-refractivity contribution is 0.0837. The van der Waals surface area contributed by atoms with Crippen molar-refractivity contribution in [1.29, 1.82) is 0 Å². The third kappa shape index (κ3) is 7.91. The molecule has 0 fully saturated rings. The number of carbonyl (C=O) groups is 1.